The molecule has 0 aromatic heterocycles. The third kappa shape index (κ3) is 3.15. The Morgan fingerprint density at radius 2 is 2.28 bits per heavy atom. The second-order valence-corrected chi connectivity index (χ2v) is 4.80. The van der Waals surface area contributed by atoms with Crippen LogP contribution in [0.2, 0.25) is 5.02 Å². The van der Waals surface area contributed by atoms with E-state index in [1.807, 2.05) is 19.2 Å². The van der Waals surface area contributed by atoms with Gasteiger partial charge in [-0.2, -0.15) is 0 Å². The molecule has 4 nitrogen and oxygen atoms in total. The Morgan fingerprint density at radius 1 is 1.44 bits per heavy atom. The lowest BCUT2D eigenvalue weighted by Gasteiger charge is -2.22. The highest BCUT2D eigenvalue weighted by molar-refractivity contribution is 6.31. The van der Waals surface area contributed by atoms with Crippen molar-refractivity contribution < 1.29 is 4.79 Å². The van der Waals surface area contributed by atoms with E-state index in [2.05, 4.69) is 21.6 Å². The van der Waals surface area contributed by atoms with Gasteiger partial charge in [0.1, 0.15) is 0 Å². The summed E-state index contributed by atoms with van der Waals surface area (Å²) in [7, 11) is 1.90. The molecule has 0 saturated carbocycles. The van der Waals surface area contributed by atoms with Crippen LogP contribution >= 0.6 is 11.6 Å². The van der Waals surface area contributed by atoms with Gasteiger partial charge in [0.05, 0.1) is 0 Å². The van der Waals surface area contributed by atoms with Crippen molar-refractivity contribution in [3.05, 3.63) is 28.8 Å². The first-order chi connectivity index (χ1) is 8.70. The number of anilines is 1. The number of rotatable bonds is 3. The number of carbonyl (C=O) groups is 1. The highest BCUT2D eigenvalue weighted by Crippen LogP contribution is 2.24. The number of halogens is 1. The third-order valence-electron chi connectivity index (χ3n) is 3.08. The molecule has 0 radical (unpaired) electrons. The van der Waals surface area contributed by atoms with Crippen LogP contribution in [0.5, 0.6) is 0 Å². The van der Waals surface area contributed by atoms with Crippen LogP contribution in [0.4, 0.5) is 5.69 Å². The zero-order chi connectivity index (χ0) is 13.0. The van der Waals surface area contributed by atoms with Crippen molar-refractivity contribution in [2.75, 3.05) is 31.6 Å². The normalized spacial score (nSPS) is 16.3. The highest BCUT2D eigenvalue weighted by atomic mass is 35.5. The molecule has 98 valence electrons. The van der Waals surface area contributed by atoms with Gasteiger partial charge in [0, 0.05) is 43.3 Å². The van der Waals surface area contributed by atoms with Gasteiger partial charge in [0.2, 0.25) is 5.91 Å². The predicted molar refractivity (Wildman–Crippen MR) is 74.1 cm³/mol. The Kier molecular flexibility index (Phi) is 4.44. The van der Waals surface area contributed by atoms with E-state index < -0.39 is 0 Å². The molecule has 18 heavy (non-hydrogen) atoms. The minimum absolute atomic E-state index is 0.121. The first kappa shape index (κ1) is 13.2. The Hall–Kier alpha value is -1.26. The molecule has 2 rings (SSSR count). The van der Waals surface area contributed by atoms with Crippen LogP contribution in [0.3, 0.4) is 0 Å². The number of amides is 1. The lowest BCUT2D eigenvalue weighted by atomic mass is 10.2. The molecule has 1 aliphatic heterocycles. The van der Waals surface area contributed by atoms with E-state index in [1.54, 1.807) is 0 Å². The molecule has 0 atom stereocenters. The quantitative estimate of drug-likeness (QED) is 0.870. The molecule has 1 aromatic carbocycles. The van der Waals surface area contributed by atoms with E-state index >= 15 is 0 Å². The molecule has 0 bridgehead atoms. The fraction of sp³-hybridized carbons (Fsp3) is 0.462. The van der Waals surface area contributed by atoms with Gasteiger partial charge in [0.25, 0.3) is 0 Å². The van der Waals surface area contributed by atoms with Crippen molar-refractivity contribution in [1.29, 1.82) is 0 Å². The number of benzene rings is 1. The zero-order valence-electron chi connectivity index (χ0n) is 10.5. The topological polar surface area (TPSA) is 44.4 Å². The monoisotopic (exact) mass is 267 g/mol. The predicted octanol–water partition coefficient (Wildman–Crippen LogP) is 1.39. The maximum absolute atomic E-state index is 11.3. The van der Waals surface area contributed by atoms with E-state index in [-0.39, 0.29) is 5.91 Å². The van der Waals surface area contributed by atoms with Crippen molar-refractivity contribution in [1.82, 2.24) is 10.6 Å². The van der Waals surface area contributed by atoms with Gasteiger partial charge in [-0.3, -0.25) is 4.79 Å². The fourth-order valence-corrected chi connectivity index (χ4v) is 2.33. The average molecular weight is 268 g/mol. The maximum atomic E-state index is 11.3. The summed E-state index contributed by atoms with van der Waals surface area (Å²) in [5.41, 5.74) is 2.17. The maximum Gasteiger partial charge on any atom is 0.221 e. The number of carbonyl (C=O) groups excluding carboxylic acids is 1. The van der Waals surface area contributed by atoms with Crippen molar-refractivity contribution in [2.45, 2.75) is 13.0 Å². The van der Waals surface area contributed by atoms with E-state index in [4.69, 9.17) is 11.6 Å². The van der Waals surface area contributed by atoms with Crippen LogP contribution < -0.4 is 15.5 Å². The second kappa shape index (κ2) is 6.07. The first-order valence-corrected chi connectivity index (χ1v) is 6.53. The van der Waals surface area contributed by atoms with Gasteiger partial charge in [0.15, 0.2) is 0 Å². The lowest BCUT2D eigenvalue weighted by Crippen LogP contribution is -2.28. The average Bonchev–Trinajstić information content (AvgIpc) is 2.57. The van der Waals surface area contributed by atoms with Crippen molar-refractivity contribution in [3.63, 3.8) is 0 Å². The first-order valence-electron chi connectivity index (χ1n) is 6.15. The van der Waals surface area contributed by atoms with Gasteiger partial charge in [-0.15, -0.1) is 0 Å². The van der Waals surface area contributed by atoms with Crippen LogP contribution in [0.1, 0.15) is 12.0 Å². The van der Waals surface area contributed by atoms with E-state index in [0.717, 1.165) is 35.9 Å². The summed E-state index contributed by atoms with van der Waals surface area (Å²) in [4.78, 5) is 13.5. The lowest BCUT2D eigenvalue weighted by molar-refractivity contribution is -0.120. The molecular weight excluding hydrogens is 250 g/mol. The van der Waals surface area contributed by atoms with Gasteiger partial charge >= 0.3 is 0 Å². The second-order valence-electron chi connectivity index (χ2n) is 4.39. The summed E-state index contributed by atoms with van der Waals surface area (Å²) in [5, 5.41) is 6.72. The summed E-state index contributed by atoms with van der Waals surface area (Å²) < 4.78 is 0. The summed E-state index contributed by atoms with van der Waals surface area (Å²) in [6.07, 6.45) is 0.538. The van der Waals surface area contributed by atoms with Gasteiger partial charge < -0.3 is 15.5 Å². The van der Waals surface area contributed by atoms with E-state index in [1.165, 1.54) is 0 Å². The van der Waals surface area contributed by atoms with E-state index in [9.17, 15) is 4.79 Å². The minimum atomic E-state index is 0.121. The van der Waals surface area contributed by atoms with Crippen LogP contribution in [0, 0.1) is 0 Å². The summed E-state index contributed by atoms with van der Waals surface area (Å²) in [5.74, 6) is 0.121. The van der Waals surface area contributed by atoms with Crippen LogP contribution in [0.15, 0.2) is 18.2 Å². The number of nitrogens with zero attached hydrogens (tertiary/aromatic N) is 1. The Balaban J connectivity index is 2.13. The molecule has 5 heteroatoms. The Labute approximate surface area is 112 Å². The van der Waals surface area contributed by atoms with Gasteiger partial charge in [-0.05, 0) is 24.7 Å². The fourth-order valence-electron chi connectivity index (χ4n) is 2.09. The van der Waals surface area contributed by atoms with Gasteiger partial charge in [-0.1, -0.05) is 17.7 Å². The van der Waals surface area contributed by atoms with Crippen LogP contribution in [-0.2, 0) is 11.3 Å². The van der Waals surface area contributed by atoms with Crippen LogP contribution in [-0.4, -0.2) is 32.6 Å². The number of hydrogen-bond donors (Lipinski definition) is 2. The molecule has 0 unspecified atom stereocenters. The largest absolute Gasteiger partial charge is 0.369 e. The molecule has 1 amide bonds. The smallest absolute Gasteiger partial charge is 0.221 e. The van der Waals surface area contributed by atoms with Crippen molar-refractivity contribution in [2.24, 2.45) is 0 Å². The standard InChI is InChI=1S/C13H18ClN3O/c1-15-9-10-2-3-11(8-12(10)14)17-6-4-13(18)16-5-7-17/h2-3,8,15H,4-7,9H2,1H3,(H,16,18). The molecule has 1 fully saturated rings. The molecule has 1 saturated heterocycles. The Bertz CT molecular complexity index is 436. The van der Waals surface area contributed by atoms with Crippen molar-refractivity contribution >= 4 is 23.2 Å². The van der Waals surface area contributed by atoms with E-state index in [0.29, 0.717) is 13.0 Å². The molecule has 1 heterocycles. The summed E-state index contributed by atoms with van der Waals surface area (Å²) in [6.45, 7) is 3.02. The summed E-state index contributed by atoms with van der Waals surface area (Å²) >= 11 is 6.25. The molecule has 0 aliphatic carbocycles. The minimum Gasteiger partial charge on any atom is -0.369 e. The molecule has 0 spiro atoms. The molecule has 2 N–H and O–H groups in total. The molecule has 1 aromatic rings. The molecular formula is C13H18ClN3O. The number of nitrogens with one attached hydrogen (secondary N) is 2. The van der Waals surface area contributed by atoms with Gasteiger partial charge in [-0.25, -0.2) is 0 Å². The van der Waals surface area contributed by atoms with Crippen molar-refractivity contribution in [3.8, 4) is 0 Å². The summed E-state index contributed by atoms with van der Waals surface area (Å²) in [6, 6.07) is 6.08. The van der Waals surface area contributed by atoms with Crippen LogP contribution in [0.25, 0.3) is 0 Å². The number of hydrogen-bond acceptors (Lipinski definition) is 3. The zero-order valence-corrected chi connectivity index (χ0v) is 11.3. The highest BCUT2D eigenvalue weighted by Gasteiger charge is 2.14. The third-order valence-corrected chi connectivity index (χ3v) is 3.43. The molecule has 1 aliphatic rings. The Morgan fingerprint density at radius 3 is 3.00 bits per heavy atom. The SMILES string of the molecule is CNCc1ccc(N2CCNC(=O)CC2)cc1Cl.